The number of carboxylic acid groups (broad SMARTS) is 1. The summed E-state index contributed by atoms with van der Waals surface area (Å²) in [6, 6.07) is -0.751. The highest BCUT2D eigenvalue weighted by atomic mass is 16.6. The third kappa shape index (κ3) is 37.3. The second-order valence-corrected chi connectivity index (χ2v) is 15.0. The largest absolute Gasteiger partial charge is 0.544 e. The summed E-state index contributed by atoms with van der Waals surface area (Å²) in [5.74, 6) is -1.90. The number of allylic oxidation sites excluding steroid dienone is 20. The van der Waals surface area contributed by atoms with E-state index in [-0.39, 0.29) is 43.1 Å². The van der Waals surface area contributed by atoms with Crippen LogP contribution in [-0.2, 0) is 28.6 Å². The Labute approximate surface area is 352 Å². The lowest BCUT2D eigenvalue weighted by molar-refractivity contribution is -0.889. The number of rotatable bonds is 36. The zero-order valence-corrected chi connectivity index (χ0v) is 36.6. The molecule has 0 aliphatic rings. The standard InChI is InChI=1S/C50H77NO7/c1-6-8-10-12-14-16-18-20-22-24-25-27-28-30-32-34-36-38-40-48(52)57-45-46(44-56-43-42-47(50(54)55)51(3,4)5)58-49(53)41-39-37-35-33-31-29-26-23-21-19-17-15-13-11-9-7-2/h9-12,14-18,20-25,27,29,31,35,37,46-47H,6-8,13,19,26,28,30,32-34,36,38-45H2,1-5H3/b11-9+,12-10+,16-14+,17-15+,20-18+,23-21+,24-22+,27-25+,31-29+,37-35+. The summed E-state index contributed by atoms with van der Waals surface area (Å²) >= 11 is 0. The molecule has 0 heterocycles. The first-order valence-electron chi connectivity index (χ1n) is 21.6. The van der Waals surface area contributed by atoms with Gasteiger partial charge in [-0.3, -0.25) is 9.59 Å². The van der Waals surface area contributed by atoms with Crippen LogP contribution in [0.2, 0.25) is 0 Å². The SMILES string of the molecule is CC/C=C/C/C=C/C/C=C/C/C=C/C/C=C/CCC(=O)OC(COCCC(C(=O)[O-])[N+](C)(C)C)COC(=O)CCCCCCC/C=C/C=C/C=C/C=C/C=C/CCC. The Balaban J connectivity index is 4.56. The van der Waals surface area contributed by atoms with Gasteiger partial charge in [-0.05, 0) is 64.2 Å². The minimum Gasteiger partial charge on any atom is -0.544 e. The van der Waals surface area contributed by atoms with Crippen molar-refractivity contribution < 1.29 is 38.2 Å². The highest BCUT2D eigenvalue weighted by molar-refractivity contribution is 5.70. The van der Waals surface area contributed by atoms with Gasteiger partial charge in [-0.1, -0.05) is 161 Å². The van der Waals surface area contributed by atoms with E-state index in [0.29, 0.717) is 12.8 Å². The third-order valence-electron chi connectivity index (χ3n) is 8.70. The average Bonchev–Trinajstić information content (AvgIpc) is 3.18. The van der Waals surface area contributed by atoms with Crippen LogP contribution in [0.25, 0.3) is 0 Å². The number of unbranched alkanes of at least 4 members (excludes halogenated alkanes) is 6. The topological polar surface area (TPSA) is 102 Å². The molecule has 0 aromatic heterocycles. The summed E-state index contributed by atoms with van der Waals surface area (Å²) in [6.45, 7) is 4.31. The Morgan fingerprint density at radius 3 is 1.62 bits per heavy atom. The Hall–Kier alpha value is -4.27. The van der Waals surface area contributed by atoms with E-state index in [1.54, 1.807) is 21.1 Å². The summed E-state index contributed by atoms with van der Waals surface area (Å²) in [4.78, 5) is 36.8. The normalized spacial score (nSPS) is 14.2. The lowest BCUT2D eigenvalue weighted by atomic mass is 10.1. The molecular formula is C50H77NO7. The van der Waals surface area contributed by atoms with E-state index in [1.165, 1.54) is 6.42 Å². The zero-order valence-electron chi connectivity index (χ0n) is 36.6. The molecule has 0 saturated heterocycles. The molecule has 8 nitrogen and oxygen atoms in total. The lowest BCUT2D eigenvalue weighted by Crippen LogP contribution is -2.55. The maximum Gasteiger partial charge on any atom is 0.306 e. The molecule has 0 aromatic carbocycles. The molecule has 2 unspecified atom stereocenters. The molecule has 8 heteroatoms. The van der Waals surface area contributed by atoms with Crippen molar-refractivity contribution in [2.24, 2.45) is 0 Å². The van der Waals surface area contributed by atoms with Crippen LogP contribution in [-0.4, -0.2) is 75.5 Å². The fraction of sp³-hybridized carbons (Fsp3) is 0.540. The van der Waals surface area contributed by atoms with E-state index < -0.39 is 24.1 Å². The summed E-state index contributed by atoms with van der Waals surface area (Å²) < 4.78 is 17.0. The number of quaternary nitrogens is 1. The smallest absolute Gasteiger partial charge is 0.306 e. The maximum atomic E-state index is 12.7. The van der Waals surface area contributed by atoms with E-state index in [0.717, 1.165) is 77.0 Å². The summed E-state index contributed by atoms with van der Waals surface area (Å²) in [5.41, 5.74) is 0. The number of hydrogen-bond acceptors (Lipinski definition) is 7. The number of hydrogen-bond donors (Lipinski definition) is 0. The molecule has 58 heavy (non-hydrogen) atoms. The molecule has 0 N–H and O–H groups in total. The van der Waals surface area contributed by atoms with Gasteiger partial charge in [0.25, 0.3) is 0 Å². The molecule has 0 aromatic rings. The van der Waals surface area contributed by atoms with Gasteiger partial charge >= 0.3 is 11.9 Å². The van der Waals surface area contributed by atoms with Crippen molar-refractivity contribution in [2.75, 3.05) is 41.0 Å². The second kappa shape index (κ2) is 39.6. The van der Waals surface area contributed by atoms with Crippen molar-refractivity contribution in [3.05, 3.63) is 122 Å². The van der Waals surface area contributed by atoms with Crippen LogP contribution >= 0.6 is 0 Å². The van der Waals surface area contributed by atoms with Crippen LogP contribution in [0.5, 0.6) is 0 Å². The summed E-state index contributed by atoms with van der Waals surface area (Å²) in [5, 5.41) is 11.6. The van der Waals surface area contributed by atoms with E-state index >= 15 is 0 Å². The quantitative estimate of drug-likeness (QED) is 0.0204. The molecule has 324 valence electrons. The van der Waals surface area contributed by atoms with Crippen molar-refractivity contribution in [3.63, 3.8) is 0 Å². The summed E-state index contributed by atoms with van der Waals surface area (Å²) in [6.07, 6.45) is 55.2. The van der Waals surface area contributed by atoms with Gasteiger partial charge in [0.2, 0.25) is 0 Å². The van der Waals surface area contributed by atoms with Gasteiger partial charge in [-0.2, -0.15) is 0 Å². The Morgan fingerprint density at radius 1 is 0.552 bits per heavy atom. The molecule has 0 saturated carbocycles. The number of ether oxygens (including phenoxy) is 3. The fourth-order valence-electron chi connectivity index (χ4n) is 5.38. The Morgan fingerprint density at radius 2 is 1.07 bits per heavy atom. The minimum atomic E-state index is -1.15. The van der Waals surface area contributed by atoms with Gasteiger partial charge in [-0.15, -0.1) is 0 Å². The van der Waals surface area contributed by atoms with E-state index in [9.17, 15) is 19.5 Å². The molecule has 0 amide bonds. The number of esters is 2. The van der Waals surface area contributed by atoms with Crippen molar-refractivity contribution in [1.82, 2.24) is 0 Å². The second-order valence-electron chi connectivity index (χ2n) is 15.0. The van der Waals surface area contributed by atoms with E-state index in [4.69, 9.17) is 14.2 Å². The molecule has 0 fully saturated rings. The molecule has 0 rings (SSSR count). The van der Waals surface area contributed by atoms with E-state index in [1.807, 2.05) is 48.6 Å². The minimum absolute atomic E-state index is 0.00705. The third-order valence-corrected chi connectivity index (χ3v) is 8.70. The summed E-state index contributed by atoms with van der Waals surface area (Å²) in [7, 11) is 5.35. The number of carbonyl (C=O) groups is 3. The lowest BCUT2D eigenvalue weighted by Gasteiger charge is -2.34. The molecule has 0 spiro atoms. The van der Waals surface area contributed by atoms with Crippen LogP contribution in [0.4, 0.5) is 0 Å². The molecule has 0 aliphatic carbocycles. The zero-order chi connectivity index (χ0) is 42.8. The van der Waals surface area contributed by atoms with Crippen LogP contribution in [0, 0.1) is 0 Å². The van der Waals surface area contributed by atoms with Crippen molar-refractivity contribution >= 4 is 17.9 Å². The Kier molecular flexibility index (Phi) is 36.6. The molecular weight excluding hydrogens is 727 g/mol. The average molecular weight is 804 g/mol. The van der Waals surface area contributed by atoms with Gasteiger partial charge in [0, 0.05) is 19.3 Å². The number of carboxylic acids is 1. The maximum absolute atomic E-state index is 12.7. The fourth-order valence-corrected chi connectivity index (χ4v) is 5.38. The number of aliphatic carboxylic acids is 1. The van der Waals surface area contributed by atoms with Gasteiger partial charge in [0.15, 0.2) is 6.10 Å². The number of nitrogens with zero attached hydrogens (tertiary/aromatic N) is 1. The number of carbonyl (C=O) groups excluding carboxylic acids is 3. The van der Waals surface area contributed by atoms with Crippen molar-refractivity contribution in [1.29, 1.82) is 0 Å². The first kappa shape index (κ1) is 53.7. The van der Waals surface area contributed by atoms with Gasteiger partial charge < -0.3 is 28.6 Å². The van der Waals surface area contributed by atoms with Gasteiger partial charge in [0.1, 0.15) is 12.6 Å². The van der Waals surface area contributed by atoms with Crippen LogP contribution in [0.15, 0.2) is 122 Å². The number of likely N-dealkylation sites (N-methyl/N-ethyl adjacent to an activating group) is 1. The Bertz CT molecular complexity index is 1350. The van der Waals surface area contributed by atoms with Crippen molar-refractivity contribution in [2.45, 2.75) is 135 Å². The van der Waals surface area contributed by atoms with Gasteiger partial charge in [-0.25, -0.2) is 0 Å². The first-order valence-corrected chi connectivity index (χ1v) is 21.6. The van der Waals surface area contributed by atoms with E-state index in [2.05, 4.69) is 86.8 Å². The van der Waals surface area contributed by atoms with Crippen LogP contribution < -0.4 is 5.11 Å². The van der Waals surface area contributed by atoms with Crippen molar-refractivity contribution in [3.8, 4) is 0 Å². The monoisotopic (exact) mass is 804 g/mol. The molecule has 0 radical (unpaired) electrons. The molecule has 0 aliphatic heterocycles. The predicted molar refractivity (Wildman–Crippen MR) is 240 cm³/mol. The van der Waals surface area contributed by atoms with Crippen LogP contribution in [0.3, 0.4) is 0 Å². The molecule has 0 bridgehead atoms. The predicted octanol–water partition coefficient (Wildman–Crippen LogP) is 10.5. The molecule has 2 atom stereocenters. The first-order chi connectivity index (χ1) is 28.1. The van der Waals surface area contributed by atoms with Crippen LogP contribution in [0.1, 0.15) is 123 Å². The highest BCUT2D eigenvalue weighted by Crippen LogP contribution is 2.11. The highest BCUT2D eigenvalue weighted by Gasteiger charge is 2.25. The van der Waals surface area contributed by atoms with Gasteiger partial charge in [0.05, 0.1) is 40.3 Å².